The Labute approximate surface area is 146 Å². The Morgan fingerprint density at radius 1 is 1.19 bits per heavy atom. The minimum Gasteiger partial charge on any atom is -0.441 e. The molecule has 0 spiro atoms. The van der Waals surface area contributed by atoms with Gasteiger partial charge < -0.3 is 10.5 Å². The van der Waals surface area contributed by atoms with Crippen molar-refractivity contribution in [2.75, 3.05) is 0 Å². The lowest BCUT2D eigenvalue weighted by Gasteiger charge is -2.34. The summed E-state index contributed by atoms with van der Waals surface area (Å²) in [6.45, 7) is 7.28. The molecule has 1 heterocycles. The Balaban J connectivity index is 3.39. The van der Waals surface area contributed by atoms with Crippen LogP contribution in [0, 0.1) is 5.41 Å². The van der Waals surface area contributed by atoms with Crippen LogP contribution in [0.3, 0.4) is 0 Å². The van der Waals surface area contributed by atoms with E-state index in [0.717, 1.165) is 12.3 Å². The zero-order valence-electron chi connectivity index (χ0n) is 14.2. The number of hydrogen-bond acceptors (Lipinski definition) is 4. The van der Waals surface area contributed by atoms with Crippen molar-refractivity contribution in [3.63, 3.8) is 0 Å². The van der Waals surface area contributed by atoms with Crippen LogP contribution < -0.4 is 5.73 Å². The molecule has 5 nitrogen and oxygen atoms in total. The predicted octanol–water partition coefficient (Wildman–Crippen LogP) is 3.98. The number of aromatic nitrogens is 1. The topological polar surface area (TPSA) is 82.3 Å². The Morgan fingerprint density at radius 2 is 1.73 bits per heavy atom. The van der Waals surface area contributed by atoms with Crippen molar-refractivity contribution in [2.24, 2.45) is 11.1 Å². The Bertz CT molecular complexity index is 723. The van der Waals surface area contributed by atoms with Gasteiger partial charge in [0, 0.05) is 17.2 Å². The number of hydrogen-bond donors (Lipinski definition) is 1. The summed E-state index contributed by atoms with van der Waals surface area (Å²) in [6.07, 6.45) is -7.51. The summed E-state index contributed by atoms with van der Waals surface area (Å²) in [7, 11) is 0. The third-order valence-electron chi connectivity index (χ3n) is 3.35. The van der Waals surface area contributed by atoms with Crippen molar-refractivity contribution in [3.8, 4) is 0 Å². The SMILES string of the molecule is C=C(C(OC(N)=O)C(C)(C)C)C(F)(F)C(=O)c1cccnc1C(F)(F)F. The molecule has 1 unspecified atom stereocenters. The van der Waals surface area contributed by atoms with Gasteiger partial charge in [0.1, 0.15) is 6.10 Å². The number of ether oxygens (including phenoxy) is 1. The van der Waals surface area contributed by atoms with Crippen LogP contribution in [0.5, 0.6) is 0 Å². The van der Waals surface area contributed by atoms with E-state index in [9.17, 15) is 31.5 Å². The van der Waals surface area contributed by atoms with Gasteiger partial charge in [0.25, 0.3) is 0 Å². The van der Waals surface area contributed by atoms with Gasteiger partial charge in [-0.1, -0.05) is 27.4 Å². The average molecular weight is 380 g/mol. The molecule has 0 bridgehead atoms. The van der Waals surface area contributed by atoms with Gasteiger partial charge >= 0.3 is 18.2 Å². The first-order chi connectivity index (χ1) is 11.6. The largest absolute Gasteiger partial charge is 0.441 e. The van der Waals surface area contributed by atoms with E-state index in [1.807, 2.05) is 0 Å². The highest BCUT2D eigenvalue weighted by atomic mass is 19.4. The molecule has 0 aromatic carbocycles. The second-order valence-corrected chi connectivity index (χ2v) is 6.51. The lowest BCUT2D eigenvalue weighted by molar-refractivity contribution is -0.141. The maximum absolute atomic E-state index is 14.6. The highest BCUT2D eigenvalue weighted by Crippen LogP contribution is 2.39. The first-order valence-corrected chi connectivity index (χ1v) is 7.20. The van der Waals surface area contributed by atoms with Crippen molar-refractivity contribution >= 4 is 11.9 Å². The van der Waals surface area contributed by atoms with Crippen LogP contribution in [0.15, 0.2) is 30.5 Å². The Kier molecular flexibility index (Phi) is 5.80. The van der Waals surface area contributed by atoms with Gasteiger partial charge in [0.2, 0.25) is 5.78 Å². The molecule has 0 saturated carbocycles. The molecule has 26 heavy (non-hydrogen) atoms. The summed E-state index contributed by atoms with van der Waals surface area (Å²) >= 11 is 0. The number of alkyl halides is 5. The minimum absolute atomic E-state index is 0.584. The summed E-state index contributed by atoms with van der Waals surface area (Å²) in [4.78, 5) is 26.1. The molecule has 1 atom stereocenters. The zero-order valence-corrected chi connectivity index (χ0v) is 14.2. The number of nitrogens with zero attached hydrogens (tertiary/aromatic N) is 1. The molecule has 1 aromatic rings. The number of amides is 1. The number of halogens is 5. The van der Waals surface area contributed by atoms with Crippen LogP contribution >= 0.6 is 0 Å². The van der Waals surface area contributed by atoms with E-state index in [0.29, 0.717) is 6.07 Å². The quantitative estimate of drug-likeness (QED) is 0.476. The van der Waals surface area contributed by atoms with Crippen molar-refractivity contribution in [1.29, 1.82) is 0 Å². The number of carbonyl (C=O) groups excluding carboxylic acids is 2. The normalized spacial score (nSPS) is 13.8. The number of Topliss-reactive ketones (excluding diaryl/α,β-unsaturated/α-hetero) is 1. The molecule has 2 N–H and O–H groups in total. The van der Waals surface area contributed by atoms with Crippen molar-refractivity contribution in [3.05, 3.63) is 41.7 Å². The molecule has 0 radical (unpaired) electrons. The maximum atomic E-state index is 14.6. The fourth-order valence-corrected chi connectivity index (χ4v) is 2.18. The smallest absolute Gasteiger partial charge is 0.434 e. The lowest BCUT2D eigenvalue weighted by atomic mass is 9.81. The van der Waals surface area contributed by atoms with Gasteiger partial charge in [0.05, 0.1) is 5.56 Å². The molecule has 10 heteroatoms. The van der Waals surface area contributed by atoms with Gasteiger partial charge in [-0.2, -0.15) is 22.0 Å². The molecule has 0 aliphatic carbocycles. The molecular formula is C16H17F5N2O3. The van der Waals surface area contributed by atoms with Gasteiger partial charge in [0.15, 0.2) is 5.69 Å². The average Bonchev–Trinajstić information content (AvgIpc) is 2.49. The first kappa shape index (κ1) is 21.5. The fourth-order valence-electron chi connectivity index (χ4n) is 2.18. The van der Waals surface area contributed by atoms with Gasteiger partial charge in [-0.15, -0.1) is 0 Å². The third kappa shape index (κ3) is 4.55. The van der Waals surface area contributed by atoms with Crippen LogP contribution in [0.25, 0.3) is 0 Å². The molecule has 0 aliphatic rings. The highest BCUT2D eigenvalue weighted by molar-refractivity contribution is 6.04. The van der Waals surface area contributed by atoms with E-state index in [-0.39, 0.29) is 0 Å². The van der Waals surface area contributed by atoms with E-state index in [4.69, 9.17) is 5.73 Å². The van der Waals surface area contributed by atoms with Gasteiger partial charge in [-0.25, -0.2) is 4.79 Å². The molecular weight excluding hydrogens is 363 g/mol. The van der Waals surface area contributed by atoms with Crippen LogP contribution in [-0.4, -0.2) is 28.9 Å². The molecule has 0 fully saturated rings. The summed E-state index contributed by atoms with van der Waals surface area (Å²) in [5.74, 6) is -6.62. The van der Waals surface area contributed by atoms with Crippen molar-refractivity contribution in [2.45, 2.75) is 39.0 Å². The number of pyridine rings is 1. The van der Waals surface area contributed by atoms with Crippen LogP contribution in [0.4, 0.5) is 26.7 Å². The number of ketones is 1. The summed E-state index contributed by atoms with van der Waals surface area (Å²) in [5, 5.41) is 0. The first-order valence-electron chi connectivity index (χ1n) is 7.20. The number of primary amides is 1. The predicted molar refractivity (Wildman–Crippen MR) is 81.6 cm³/mol. The molecule has 1 rings (SSSR count). The maximum Gasteiger partial charge on any atom is 0.434 e. The van der Waals surface area contributed by atoms with Gasteiger partial charge in [-0.05, 0) is 12.1 Å². The fraction of sp³-hybridized carbons (Fsp3) is 0.438. The third-order valence-corrected chi connectivity index (χ3v) is 3.35. The summed E-state index contributed by atoms with van der Waals surface area (Å²) in [6, 6.07) is 1.50. The number of carbonyl (C=O) groups is 2. The Morgan fingerprint density at radius 3 is 2.15 bits per heavy atom. The van der Waals surface area contributed by atoms with Crippen molar-refractivity contribution in [1.82, 2.24) is 4.98 Å². The van der Waals surface area contributed by atoms with Gasteiger partial charge in [-0.3, -0.25) is 9.78 Å². The van der Waals surface area contributed by atoms with E-state index in [2.05, 4.69) is 16.3 Å². The lowest BCUT2D eigenvalue weighted by Crippen LogP contribution is -2.44. The van der Waals surface area contributed by atoms with E-state index in [1.165, 1.54) is 20.8 Å². The second-order valence-electron chi connectivity index (χ2n) is 6.51. The molecule has 0 aliphatic heterocycles. The highest BCUT2D eigenvalue weighted by Gasteiger charge is 2.51. The monoisotopic (exact) mass is 380 g/mol. The number of rotatable bonds is 5. The van der Waals surface area contributed by atoms with E-state index in [1.54, 1.807) is 0 Å². The van der Waals surface area contributed by atoms with Crippen LogP contribution in [-0.2, 0) is 10.9 Å². The number of nitrogens with two attached hydrogens (primary N) is 1. The standard InChI is InChI=1S/C16H17F5N2O3/c1-8(12(14(2,3)4)26-13(22)25)15(17,18)11(24)9-6-5-7-23-10(9)16(19,20)21/h5-7,12H,1H2,2-4H3,(H2,22,25). The molecule has 1 amide bonds. The van der Waals surface area contributed by atoms with E-state index < -0.39 is 52.3 Å². The molecule has 1 aromatic heterocycles. The second kappa shape index (κ2) is 7.00. The van der Waals surface area contributed by atoms with Crippen LogP contribution in [0.2, 0.25) is 0 Å². The Hall–Kier alpha value is -2.52. The summed E-state index contributed by atoms with van der Waals surface area (Å²) in [5.41, 5.74) is -0.566. The van der Waals surface area contributed by atoms with Crippen molar-refractivity contribution < 1.29 is 36.3 Å². The minimum atomic E-state index is -5.11. The molecule has 0 saturated heterocycles. The van der Waals surface area contributed by atoms with Crippen LogP contribution in [0.1, 0.15) is 36.8 Å². The molecule has 144 valence electrons. The zero-order chi connectivity index (χ0) is 20.5. The summed E-state index contributed by atoms with van der Waals surface area (Å²) < 4.78 is 72.7. The van der Waals surface area contributed by atoms with E-state index >= 15 is 0 Å².